The molecule has 1 heterocycles. The molecule has 0 amide bonds. The molecule has 1 aliphatic rings. The molecule has 0 bridgehead atoms. The Balaban J connectivity index is 1.91. The van der Waals surface area contributed by atoms with Crippen molar-refractivity contribution in [2.45, 2.75) is 25.8 Å². The van der Waals surface area contributed by atoms with Crippen LogP contribution in [0.2, 0.25) is 0 Å². The number of hydrogen-bond acceptors (Lipinski definition) is 3. The zero-order valence-electron chi connectivity index (χ0n) is 7.94. The lowest BCUT2D eigenvalue weighted by Gasteiger charge is -2.23. The van der Waals surface area contributed by atoms with Crippen molar-refractivity contribution in [1.29, 1.82) is 0 Å². The highest BCUT2D eigenvalue weighted by Crippen LogP contribution is 2.00. The minimum absolute atomic E-state index is 0.715. The van der Waals surface area contributed by atoms with Gasteiger partial charge in [-0.25, -0.2) is 0 Å². The zero-order valence-corrected chi connectivity index (χ0v) is 7.94. The Morgan fingerprint density at radius 3 is 2.83 bits per heavy atom. The minimum atomic E-state index is 0.715. The fraction of sp³-hybridized carbons (Fsp3) is 1.00. The summed E-state index contributed by atoms with van der Waals surface area (Å²) < 4.78 is 5.25. The van der Waals surface area contributed by atoms with Gasteiger partial charge in [0.15, 0.2) is 0 Å². The Hall–Kier alpha value is -0.120. The van der Waals surface area contributed by atoms with E-state index in [1.807, 2.05) is 6.92 Å². The van der Waals surface area contributed by atoms with Gasteiger partial charge in [0.25, 0.3) is 0 Å². The fourth-order valence-corrected chi connectivity index (χ4v) is 1.51. The molecule has 72 valence electrons. The van der Waals surface area contributed by atoms with Crippen molar-refractivity contribution in [2.75, 3.05) is 32.8 Å². The Morgan fingerprint density at radius 2 is 2.17 bits per heavy atom. The van der Waals surface area contributed by atoms with Crippen molar-refractivity contribution < 1.29 is 4.74 Å². The van der Waals surface area contributed by atoms with Gasteiger partial charge in [-0.3, -0.25) is 0 Å². The maximum Gasteiger partial charge on any atom is 0.0590 e. The van der Waals surface area contributed by atoms with E-state index in [0.717, 1.165) is 32.8 Å². The van der Waals surface area contributed by atoms with Gasteiger partial charge in [-0.05, 0) is 32.9 Å². The van der Waals surface area contributed by atoms with E-state index in [0.29, 0.717) is 6.04 Å². The fourth-order valence-electron chi connectivity index (χ4n) is 1.51. The number of nitrogens with one attached hydrogen (secondary N) is 2. The molecule has 0 atom stereocenters. The second-order valence-electron chi connectivity index (χ2n) is 3.18. The summed E-state index contributed by atoms with van der Waals surface area (Å²) in [4.78, 5) is 0. The molecule has 1 aliphatic heterocycles. The summed E-state index contributed by atoms with van der Waals surface area (Å²) in [6, 6.07) is 0.715. The van der Waals surface area contributed by atoms with Crippen LogP contribution in [0.5, 0.6) is 0 Å². The van der Waals surface area contributed by atoms with E-state index in [2.05, 4.69) is 10.6 Å². The second kappa shape index (κ2) is 6.40. The quantitative estimate of drug-likeness (QED) is 0.588. The summed E-state index contributed by atoms with van der Waals surface area (Å²) in [7, 11) is 0. The van der Waals surface area contributed by atoms with Crippen LogP contribution in [0.25, 0.3) is 0 Å². The van der Waals surface area contributed by atoms with Crippen molar-refractivity contribution in [3.05, 3.63) is 0 Å². The maximum atomic E-state index is 5.25. The first-order chi connectivity index (χ1) is 5.93. The van der Waals surface area contributed by atoms with Gasteiger partial charge in [-0.15, -0.1) is 0 Å². The average molecular weight is 172 g/mol. The van der Waals surface area contributed by atoms with Crippen molar-refractivity contribution in [1.82, 2.24) is 10.6 Å². The third-order valence-corrected chi connectivity index (χ3v) is 2.22. The number of piperidine rings is 1. The largest absolute Gasteiger partial charge is 0.380 e. The van der Waals surface area contributed by atoms with Crippen molar-refractivity contribution in [2.24, 2.45) is 0 Å². The molecule has 0 aromatic rings. The van der Waals surface area contributed by atoms with E-state index in [1.54, 1.807) is 0 Å². The monoisotopic (exact) mass is 172 g/mol. The first kappa shape index (κ1) is 9.96. The van der Waals surface area contributed by atoms with Crippen LogP contribution in [0.4, 0.5) is 0 Å². The zero-order chi connectivity index (χ0) is 8.65. The number of rotatable bonds is 5. The lowest BCUT2D eigenvalue weighted by Crippen LogP contribution is -2.41. The molecule has 2 N–H and O–H groups in total. The van der Waals surface area contributed by atoms with E-state index < -0.39 is 0 Å². The average Bonchev–Trinajstić information content (AvgIpc) is 2.14. The summed E-state index contributed by atoms with van der Waals surface area (Å²) in [6.07, 6.45) is 2.51. The van der Waals surface area contributed by atoms with Crippen molar-refractivity contribution in [3.8, 4) is 0 Å². The number of hydrogen-bond donors (Lipinski definition) is 2. The lowest BCUT2D eigenvalue weighted by molar-refractivity contribution is 0.145. The second-order valence-corrected chi connectivity index (χ2v) is 3.18. The molecule has 1 fully saturated rings. The Bertz CT molecular complexity index is 103. The SMILES string of the molecule is CCOCCNC1CCNCC1. The standard InChI is InChI=1S/C9H20N2O/c1-2-12-8-7-11-9-3-5-10-6-4-9/h9-11H,2-8H2,1H3. The van der Waals surface area contributed by atoms with E-state index >= 15 is 0 Å². The van der Waals surface area contributed by atoms with Crippen molar-refractivity contribution >= 4 is 0 Å². The van der Waals surface area contributed by atoms with Crippen LogP contribution in [0.3, 0.4) is 0 Å². The Kier molecular flexibility index (Phi) is 5.32. The summed E-state index contributed by atoms with van der Waals surface area (Å²) in [6.45, 7) is 7.02. The van der Waals surface area contributed by atoms with Gasteiger partial charge in [-0.2, -0.15) is 0 Å². The highest BCUT2D eigenvalue weighted by atomic mass is 16.5. The molecule has 0 aromatic heterocycles. The van der Waals surface area contributed by atoms with Crippen LogP contribution in [-0.2, 0) is 4.74 Å². The van der Waals surface area contributed by atoms with E-state index in [-0.39, 0.29) is 0 Å². The summed E-state index contributed by atoms with van der Waals surface area (Å²) in [5.74, 6) is 0. The molecule has 0 aliphatic carbocycles. The van der Waals surface area contributed by atoms with Gasteiger partial charge in [0, 0.05) is 19.2 Å². The van der Waals surface area contributed by atoms with Crippen LogP contribution in [0.1, 0.15) is 19.8 Å². The molecule has 12 heavy (non-hydrogen) atoms. The molecule has 1 saturated heterocycles. The van der Waals surface area contributed by atoms with Gasteiger partial charge >= 0.3 is 0 Å². The predicted octanol–water partition coefficient (Wildman–Crippen LogP) is 0.364. The molecule has 3 nitrogen and oxygen atoms in total. The van der Waals surface area contributed by atoms with E-state index in [4.69, 9.17) is 4.74 Å². The lowest BCUT2D eigenvalue weighted by atomic mass is 10.1. The van der Waals surface area contributed by atoms with E-state index in [1.165, 1.54) is 12.8 Å². The maximum absolute atomic E-state index is 5.25. The first-order valence-corrected chi connectivity index (χ1v) is 4.95. The third-order valence-electron chi connectivity index (χ3n) is 2.22. The van der Waals surface area contributed by atoms with Gasteiger partial charge in [0.1, 0.15) is 0 Å². The molecule has 0 radical (unpaired) electrons. The molecule has 0 saturated carbocycles. The Morgan fingerprint density at radius 1 is 1.42 bits per heavy atom. The van der Waals surface area contributed by atoms with Gasteiger partial charge in [0.2, 0.25) is 0 Å². The highest BCUT2D eigenvalue weighted by Gasteiger charge is 2.10. The predicted molar refractivity (Wildman–Crippen MR) is 50.4 cm³/mol. The molecule has 0 spiro atoms. The molecule has 1 rings (SSSR count). The van der Waals surface area contributed by atoms with Gasteiger partial charge in [-0.1, -0.05) is 0 Å². The van der Waals surface area contributed by atoms with Crippen LogP contribution >= 0.6 is 0 Å². The van der Waals surface area contributed by atoms with Gasteiger partial charge in [0.05, 0.1) is 6.61 Å². The normalized spacial score (nSPS) is 19.8. The molecular weight excluding hydrogens is 152 g/mol. The minimum Gasteiger partial charge on any atom is -0.380 e. The van der Waals surface area contributed by atoms with Crippen LogP contribution < -0.4 is 10.6 Å². The van der Waals surface area contributed by atoms with Gasteiger partial charge < -0.3 is 15.4 Å². The number of ether oxygens (including phenoxy) is 1. The molecular formula is C9H20N2O. The topological polar surface area (TPSA) is 33.3 Å². The highest BCUT2D eigenvalue weighted by molar-refractivity contribution is 4.73. The van der Waals surface area contributed by atoms with Crippen LogP contribution in [0.15, 0.2) is 0 Å². The smallest absolute Gasteiger partial charge is 0.0590 e. The van der Waals surface area contributed by atoms with Crippen LogP contribution in [0, 0.1) is 0 Å². The summed E-state index contributed by atoms with van der Waals surface area (Å²) >= 11 is 0. The molecule has 0 aromatic carbocycles. The first-order valence-electron chi connectivity index (χ1n) is 4.95. The Labute approximate surface area is 74.9 Å². The summed E-state index contributed by atoms with van der Waals surface area (Å²) in [5, 5.41) is 6.84. The van der Waals surface area contributed by atoms with E-state index in [9.17, 15) is 0 Å². The van der Waals surface area contributed by atoms with Crippen molar-refractivity contribution in [3.63, 3.8) is 0 Å². The van der Waals surface area contributed by atoms with Crippen LogP contribution in [-0.4, -0.2) is 38.9 Å². The third kappa shape index (κ3) is 4.04. The summed E-state index contributed by atoms with van der Waals surface area (Å²) in [5.41, 5.74) is 0. The molecule has 0 unspecified atom stereocenters. The molecule has 3 heteroatoms.